The second-order valence-electron chi connectivity index (χ2n) is 6.18. The Bertz CT molecular complexity index is 447. The lowest BCUT2D eigenvalue weighted by atomic mass is 9.89. The summed E-state index contributed by atoms with van der Waals surface area (Å²) in [5.74, 6) is -0.138. The number of urea groups is 1. The highest BCUT2D eigenvalue weighted by Crippen LogP contribution is 2.29. The number of imide groups is 1. The first-order valence-electron chi connectivity index (χ1n) is 7.03. The molecule has 3 amide bonds. The van der Waals surface area contributed by atoms with E-state index in [1.54, 1.807) is 0 Å². The lowest BCUT2D eigenvalue weighted by Crippen LogP contribution is -2.51. The van der Waals surface area contributed by atoms with Crippen molar-refractivity contribution in [1.29, 1.82) is 5.26 Å². The van der Waals surface area contributed by atoms with E-state index in [1.165, 1.54) is 4.90 Å². The Balaban J connectivity index is 1.94. The number of ether oxygens (including phenoxy) is 1. The van der Waals surface area contributed by atoms with E-state index in [1.807, 2.05) is 13.8 Å². The molecule has 0 bridgehead atoms. The van der Waals surface area contributed by atoms with Crippen LogP contribution < -0.4 is 5.32 Å². The molecule has 0 saturated carbocycles. The summed E-state index contributed by atoms with van der Waals surface area (Å²) >= 11 is 0. The fourth-order valence-electron chi connectivity index (χ4n) is 2.67. The molecule has 2 fully saturated rings. The van der Waals surface area contributed by atoms with Crippen LogP contribution >= 0.6 is 0 Å². The highest BCUT2D eigenvalue weighted by atomic mass is 16.5. The zero-order valence-corrected chi connectivity index (χ0v) is 12.1. The summed E-state index contributed by atoms with van der Waals surface area (Å²) in [7, 11) is 0. The Kier molecular flexibility index (Phi) is 4.00. The van der Waals surface area contributed by atoms with Crippen LogP contribution in [0, 0.1) is 16.7 Å². The van der Waals surface area contributed by atoms with Crippen molar-refractivity contribution in [3.8, 4) is 6.07 Å². The maximum Gasteiger partial charge on any atom is 0.325 e. The molecule has 2 saturated heterocycles. The van der Waals surface area contributed by atoms with Crippen LogP contribution in [0.1, 0.15) is 39.5 Å². The zero-order chi connectivity index (χ0) is 14.8. The SMILES string of the molecule is CC(C)(C#N)CCCN1C(=O)NC2(CCOCC2)C1=O. The molecule has 110 valence electrons. The maximum atomic E-state index is 12.4. The number of amides is 3. The molecule has 0 aromatic heterocycles. The van der Waals surface area contributed by atoms with E-state index >= 15 is 0 Å². The molecule has 1 spiro atoms. The van der Waals surface area contributed by atoms with Gasteiger partial charge >= 0.3 is 6.03 Å². The molecule has 2 heterocycles. The Hall–Kier alpha value is -1.61. The minimum absolute atomic E-state index is 0.138. The van der Waals surface area contributed by atoms with Crippen LogP contribution in [0.4, 0.5) is 4.79 Å². The molecule has 6 heteroatoms. The van der Waals surface area contributed by atoms with Gasteiger partial charge in [-0.2, -0.15) is 5.26 Å². The Morgan fingerprint density at radius 2 is 2.05 bits per heavy atom. The first kappa shape index (κ1) is 14.8. The number of hydrogen-bond donors (Lipinski definition) is 1. The minimum Gasteiger partial charge on any atom is -0.381 e. The summed E-state index contributed by atoms with van der Waals surface area (Å²) in [5, 5.41) is 11.8. The normalized spacial score (nSPS) is 21.9. The van der Waals surface area contributed by atoms with Gasteiger partial charge in [0.15, 0.2) is 0 Å². The van der Waals surface area contributed by atoms with Gasteiger partial charge in [0.25, 0.3) is 5.91 Å². The third kappa shape index (κ3) is 2.78. The second-order valence-corrected chi connectivity index (χ2v) is 6.18. The van der Waals surface area contributed by atoms with Crippen molar-refractivity contribution in [3.63, 3.8) is 0 Å². The van der Waals surface area contributed by atoms with E-state index in [2.05, 4.69) is 11.4 Å². The van der Waals surface area contributed by atoms with Crippen LogP contribution in [0.25, 0.3) is 0 Å². The van der Waals surface area contributed by atoms with Crippen molar-refractivity contribution in [1.82, 2.24) is 10.2 Å². The molecule has 20 heavy (non-hydrogen) atoms. The van der Waals surface area contributed by atoms with Crippen LogP contribution in [-0.4, -0.2) is 42.1 Å². The van der Waals surface area contributed by atoms with E-state index < -0.39 is 11.0 Å². The molecule has 2 aliphatic heterocycles. The Morgan fingerprint density at radius 3 is 2.65 bits per heavy atom. The van der Waals surface area contributed by atoms with E-state index in [-0.39, 0.29) is 11.9 Å². The number of hydrogen-bond acceptors (Lipinski definition) is 4. The monoisotopic (exact) mass is 279 g/mol. The molecule has 2 aliphatic rings. The van der Waals surface area contributed by atoms with Crippen molar-refractivity contribution in [2.75, 3.05) is 19.8 Å². The van der Waals surface area contributed by atoms with Gasteiger partial charge in [-0.05, 0) is 26.7 Å². The smallest absolute Gasteiger partial charge is 0.325 e. The molecule has 0 aliphatic carbocycles. The Labute approximate surface area is 119 Å². The van der Waals surface area contributed by atoms with Crippen LogP contribution in [0.15, 0.2) is 0 Å². The number of nitriles is 1. The van der Waals surface area contributed by atoms with Gasteiger partial charge < -0.3 is 10.1 Å². The van der Waals surface area contributed by atoms with Gasteiger partial charge in [-0.3, -0.25) is 9.69 Å². The third-order valence-electron chi connectivity index (χ3n) is 4.08. The van der Waals surface area contributed by atoms with Crippen molar-refractivity contribution >= 4 is 11.9 Å². The number of carbonyl (C=O) groups is 2. The highest BCUT2D eigenvalue weighted by Gasteiger charge is 2.51. The predicted molar refractivity (Wildman–Crippen MR) is 71.7 cm³/mol. The van der Waals surface area contributed by atoms with E-state index in [0.29, 0.717) is 45.4 Å². The summed E-state index contributed by atoms with van der Waals surface area (Å²) in [6, 6.07) is 1.91. The molecule has 2 rings (SSSR count). The van der Waals surface area contributed by atoms with Crippen LogP contribution in [-0.2, 0) is 9.53 Å². The number of nitrogens with one attached hydrogen (secondary N) is 1. The zero-order valence-electron chi connectivity index (χ0n) is 12.1. The molecule has 0 aromatic rings. The molecular weight excluding hydrogens is 258 g/mol. The Morgan fingerprint density at radius 1 is 1.40 bits per heavy atom. The van der Waals surface area contributed by atoms with E-state index in [4.69, 9.17) is 10.00 Å². The fraction of sp³-hybridized carbons (Fsp3) is 0.786. The number of rotatable bonds is 4. The van der Waals surface area contributed by atoms with Crippen molar-refractivity contribution in [2.45, 2.75) is 45.1 Å². The quantitative estimate of drug-likeness (QED) is 0.789. The van der Waals surface area contributed by atoms with Gasteiger partial charge in [-0.15, -0.1) is 0 Å². The molecule has 1 N–H and O–H groups in total. The van der Waals surface area contributed by atoms with E-state index in [0.717, 1.165) is 0 Å². The first-order chi connectivity index (χ1) is 9.40. The van der Waals surface area contributed by atoms with Crippen molar-refractivity contribution < 1.29 is 14.3 Å². The summed E-state index contributed by atoms with van der Waals surface area (Å²) in [6.07, 6.45) is 2.39. The highest BCUT2D eigenvalue weighted by molar-refractivity contribution is 6.07. The van der Waals surface area contributed by atoms with Crippen LogP contribution in [0.3, 0.4) is 0 Å². The largest absolute Gasteiger partial charge is 0.381 e. The summed E-state index contributed by atoms with van der Waals surface area (Å²) in [6.45, 7) is 5.10. The lowest BCUT2D eigenvalue weighted by Gasteiger charge is -2.30. The van der Waals surface area contributed by atoms with Crippen LogP contribution in [0.5, 0.6) is 0 Å². The second kappa shape index (κ2) is 5.41. The van der Waals surface area contributed by atoms with Gasteiger partial charge in [0.1, 0.15) is 5.54 Å². The average Bonchev–Trinajstić information content (AvgIpc) is 2.64. The van der Waals surface area contributed by atoms with Gasteiger partial charge in [-0.25, -0.2) is 4.79 Å². The molecule has 6 nitrogen and oxygen atoms in total. The van der Waals surface area contributed by atoms with Gasteiger partial charge in [0, 0.05) is 32.6 Å². The topological polar surface area (TPSA) is 82.4 Å². The predicted octanol–water partition coefficient (Wildman–Crippen LogP) is 1.42. The molecule has 0 atom stereocenters. The van der Waals surface area contributed by atoms with Gasteiger partial charge in [-0.1, -0.05) is 0 Å². The standard InChI is InChI=1S/C14H21N3O3/c1-13(2,10-15)4-3-7-17-11(18)14(16-12(17)19)5-8-20-9-6-14/h3-9H2,1-2H3,(H,16,19). The van der Waals surface area contributed by atoms with Gasteiger partial charge in [0.2, 0.25) is 0 Å². The number of nitrogens with zero attached hydrogens (tertiary/aromatic N) is 2. The van der Waals surface area contributed by atoms with E-state index in [9.17, 15) is 9.59 Å². The average molecular weight is 279 g/mol. The minimum atomic E-state index is -0.750. The summed E-state index contributed by atoms with van der Waals surface area (Å²) < 4.78 is 5.26. The molecule has 0 aromatic carbocycles. The molecule has 0 unspecified atom stereocenters. The lowest BCUT2D eigenvalue weighted by molar-refractivity contribution is -0.134. The van der Waals surface area contributed by atoms with Crippen LogP contribution in [0.2, 0.25) is 0 Å². The molecule has 0 radical (unpaired) electrons. The van der Waals surface area contributed by atoms with Gasteiger partial charge in [0.05, 0.1) is 11.5 Å². The van der Waals surface area contributed by atoms with Crippen molar-refractivity contribution in [2.24, 2.45) is 5.41 Å². The maximum absolute atomic E-state index is 12.4. The molecular formula is C14H21N3O3. The first-order valence-corrected chi connectivity index (χ1v) is 7.03. The number of carbonyl (C=O) groups excluding carboxylic acids is 2. The third-order valence-corrected chi connectivity index (χ3v) is 4.08. The van der Waals surface area contributed by atoms with Crippen molar-refractivity contribution in [3.05, 3.63) is 0 Å². The summed E-state index contributed by atoms with van der Waals surface area (Å²) in [5.41, 5.74) is -1.17. The fourth-order valence-corrected chi connectivity index (χ4v) is 2.67. The summed E-state index contributed by atoms with van der Waals surface area (Å²) in [4.78, 5) is 25.7.